The summed E-state index contributed by atoms with van der Waals surface area (Å²) >= 11 is 0. The number of hydrogen-bond acceptors (Lipinski definition) is 5. The van der Waals surface area contributed by atoms with Crippen LogP contribution in [0.5, 0.6) is 0 Å². The van der Waals surface area contributed by atoms with Gasteiger partial charge in [0, 0.05) is 41.3 Å². The van der Waals surface area contributed by atoms with Crippen LogP contribution in [0.1, 0.15) is 26.5 Å². The topological polar surface area (TPSA) is 97.4 Å². The number of aromatic nitrogens is 4. The number of amides is 2. The summed E-state index contributed by atoms with van der Waals surface area (Å²) in [5.74, 6) is 1.71. The van der Waals surface area contributed by atoms with Crippen molar-refractivity contribution in [2.24, 2.45) is 0 Å². The number of anilines is 2. The summed E-state index contributed by atoms with van der Waals surface area (Å²) in [5, 5.41) is 9.32. The molecule has 142 valence electrons. The predicted molar refractivity (Wildman–Crippen MR) is 106 cm³/mol. The van der Waals surface area contributed by atoms with E-state index in [2.05, 4.69) is 25.8 Å². The van der Waals surface area contributed by atoms with E-state index in [1.165, 1.54) is 0 Å². The SMILES string of the molecule is CC(C)(C)c1cc(NC(=O)Nc2ccc(-c3cn4cccnc4n3)cc2)no1. The fourth-order valence-corrected chi connectivity index (χ4v) is 2.66. The Hall–Kier alpha value is -3.68. The van der Waals surface area contributed by atoms with Gasteiger partial charge < -0.3 is 9.84 Å². The van der Waals surface area contributed by atoms with E-state index in [4.69, 9.17) is 4.52 Å². The lowest BCUT2D eigenvalue weighted by Gasteiger charge is -2.12. The van der Waals surface area contributed by atoms with Crippen LogP contribution in [0.3, 0.4) is 0 Å². The number of rotatable bonds is 3. The minimum Gasteiger partial charge on any atom is -0.359 e. The number of nitrogens with zero attached hydrogens (tertiary/aromatic N) is 4. The van der Waals surface area contributed by atoms with Crippen LogP contribution in [-0.2, 0) is 5.41 Å². The van der Waals surface area contributed by atoms with E-state index in [1.807, 2.05) is 67.9 Å². The molecule has 0 bridgehead atoms. The molecule has 0 spiro atoms. The first-order valence-electron chi connectivity index (χ1n) is 8.84. The van der Waals surface area contributed by atoms with E-state index in [-0.39, 0.29) is 5.41 Å². The highest BCUT2D eigenvalue weighted by Crippen LogP contribution is 2.25. The van der Waals surface area contributed by atoms with E-state index in [1.54, 1.807) is 12.3 Å². The molecule has 0 radical (unpaired) electrons. The molecule has 0 unspecified atom stereocenters. The van der Waals surface area contributed by atoms with E-state index < -0.39 is 6.03 Å². The third-order valence-electron chi connectivity index (χ3n) is 4.16. The minimum atomic E-state index is -0.390. The van der Waals surface area contributed by atoms with Gasteiger partial charge in [-0.25, -0.2) is 14.8 Å². The van der Waals surface area contributed by atoms with Gasteiger partial charge in [-0.3, -0.25) is 9.72 Å². The first-order valence-corrected chi connectivity index (χ1v) is 8.84. The lowest BCUT2D eigenvalue weighted by atomic mass is 9.93. The van der Waals surface area contributed by atoms with Gasteiger partial charge in [0.05, 0.1) is 5.69 Å². The summed E-state index contributed by atoms with van der Waals surface area (Å²) in [5.41, 5.74) is 2.23. The summed E-state index contributed by atoms with van der Waals surface area (Å²) in [4.78, 5) is 20.9. The maximum atomic E-state index is 12.2. The number of urea groups is 1. The quantitative estimate of drug-likeness (QED) is 0.555. The molecule has 2 N–H and O–H groups in total. The maximum absolute atomic E-state index is 12.2. The Labute approximate surface area is 161 Å². The zero-order chi connectivity index (χ0) is 19.7. The first kappa shape index (κ1) is 17.7. The van der Waals surface area contributed by atoms with Crippen LogP contribution in [0.15, 0.2) is 59.5 Å². The monoisotopic (exact) mass is 376 g/mol. The lowest BCUT2D eigenvalue weighted by molar-refractivity contribution is 0.262. The normalized spacial score (nSPS) is 11.5. The van der Waals surface area contributed by atoms with Crippen molar-refractivity contribution in [1.29, 1.82) is 0 Å². The summed E-state index contributed by atoms with van der Waals surface area (Å²) in [6.45, 7) is 6.04. The van der Waals surface area contributed by atoms with Crippen LogP contribution >= 0.6 is 0 Å². The molecule has 0 aliphatic carbocycles. The highest BCUT2D eigenvalue weighted by Gasteiger charge is 2.20. The van der Waals surface area contributed by atoms with Crippen LogP contribution in [0.4, 0.5) is 16.3 Å². The van der Waals surface area contributed by atoms with E-state index in [0.717, 1.165) is 11.3 Å². The standard InChI is InChI=1S/C20H20N6O2/c1-20(2,3)16-11-17(25-28-16)24-19(27)22-14-7-5-13(6-8-14)15-12-26-10-4-9-21-18(26)23-15/h4-12H,1-3H3,(H2,22,24,25,27). The Morgan fingerprint density at radius 3 is 2.61 bits per heavy atom. The average Bonchev–Trinajstić information content (AvgIpc) is 3.28. The van der Waals surface area contributed by atoms with E-state index in [9.17, 15) is 4.79 Å². The molecular weight excluding hydrogens is 356 g/mol. The van der Waals surface area contributed by atoms with Gasteiger partial charge in [0.1, 0.15) is 5.76 Å². The molecule has 0 atom stereocenters. The number of hydrogen-bond donors (Lipinski definition) is 2. The Morgan fingerprint density at radius 1 is 1.14 bits per heavy atom. The van der Waals surface area contributed by atoms with E-state index >= 15 is 0 Å². The molecule has 8 heteroatoms. The zero-order valence-electron chi connectivity index (χ0n) is 15.8. The van der Waals surface area contributed by atoms with Gasteiger partial charge in [-0.1, -0.05) is 38.1 Å². The van der Waals surface area contributed by atoms with Gasteiger partial charge in [0.15, 0.2) is 5.82 Å². The largest absolute Gasteiger partial charge is 0.359 e. The Bertz CT molecular complexity index is 1090. The van der Waals surface area contributed by atoms with Crippen LogP contribution < -0.4 is 10.6 Å². The number of benzene rings is 1. The molecular formula is C20H20N6O2. The second-order valence-electron chi connectivity index (χ2n) is 7.44. The molecule has 1 aromatic carbocycles. The van der Waals surface area contributed by atoms with Crippen LogP contribution in [0, 0.1) is 0 Å². The van der Waals surface area contributed by atoms with Gasteiger partial charge in [-0.05, 0) is 18.2 Å². The zero-order valence-corrected chi connectivity index (χ0v) is 15.8. The van der Waals surface area contributed by atoms with Crippen molar-refractivity contribution in [3.8, 4) is 11.3 Å². The number of carbonyl (C=O) groups excluding carboxylic acids is 1. The second kappa shape index (κ2) is 6.80. The molecule has 0 saturated heterocycles. The molecule has 0 aliphatic rings. The molecule has 0 saturated carbocycles. The number of imidazole rings is 1. The fraction of sp³-hybridized carbons (Fsp3) is 0.200. The summed E-state index contributed by atoms with van der Waals surface area (Å²) in [6, 6.07) is 10.6. The van der Waals surface area contributed by atoms with Crippen molar-refractivity contribution < 1.29 is 9.32 Å². The molecule has 2 amide bonds. The molecule has 0 aliphatic heterocycles. The molecule has 4 rings (SSSR count). The Morgan fingerprint density at radius 2 is 1.93 bits per heavy atom. The number of nitrogens with one attached hydrogen (secondary N) is 2. The number of carbonyl (C=O) groups is 1. The molecule has 0 fully saturated rings. The average molecular weight is 376 g/mol. The fourth-order valence-electron chi connectivity index (χ4n) is 2.66. The van der Waals surface area contributed by atoms with Crippen molar-refractivity contribution in [1.82, 2.24) is 19.5 Å². The smallest absolute Gasteiger partial charge is 0.324 e. The second-order valence-corrected chi connectivity index (χ2v) is 7.44. The van der Waals surface area contributed by atoms with Crippen LogP contribution in [-0.4, -0.2) is 25.6 Å². The molecule has 28 heavy (non-hydrogen) atoms. The first-order chi connectivity index (χ1) is 13.4. The van der Waals surface area contributed by atoms with E-state index in [0.29, 0.717) is 23.0 Å². The van der Waals surface area contributed by atoms with Crippen LogP contribution in [0.2, 0.25) is 0 Å². The van der Waals surface area contributed by atoms with Crippen molar-refractivity contribution >= 4 is 23.3 Å². The Kier molecular flexibility index (Phi) is 4.31. The van der Waals surface area contributed by atoms with Crippen molar-refractivity contribution in [3.05, 3.63) is 60.7 Å². The summed E-state index contributed by atoms with van der Waals surface area (Å²) in [6.07, 6.45) is 5.51. The van der Waals surface area contributed by atoms with Gasteiger partial charge >= 0.3 is 6.03 Å². The van der Waals surface area contributed by atoms with Crippen molar-refractivity contribution in [2.45, 2.75) is 26.2 Å². The van der Waals surface area contributed by atoms with Gasteiger partial charge in [0.2, 0.25) is 5.78 Å². The third-order valence-corrected chi connectivity index (χ3v) is 4.16. The molecule has 4 aromatic rings. The maximum Gasteiger partial charge on any atom is 0.324 e. The third kappa shape index (κ3) is 3.71. The molecule has 3 heterocycles. The lowest BCUT2D eigenvalue weighted by Crippen LogP contribution is -2.19. The predicted octanol–water partition coefficient (Wildman–Crippen LogP) is 4.33. The number of fused-ring (bicyclic) bond motifs is 1. The highest BCUT2D eigenvalue weighted by molar-refractivity contribution is 5.99. The highest BCUT2D eigenvalue weighted by atomic mass is 16.5. The molecule has 8 nitrogen and oxygen atoms in total. The van der Waals surface area contributed by atoms with Gasteiger partial charge in [-0.15, -0.1) is 0 Å². The van der Waals surface area contributed by atoms with Gasteiger partial charge in [0.25, 0.3) is 0 Å². The molecule has 3 aromatic heterocycles. The Balaban J connectivity index is 1.42. The van der Waals surface area contributed by atoms with Crippen molar-refractivity contribution in [2.75, 3.05) is 10.6 Å². The minimum absolute atomic E-state index is 0.174. The van der Waals surface area contributed by atoms with Crippen molar-refractivity contribution in [3.63, 3.8) is 0 Å². The van der Waals surface area contributed by atoms with Gasteiger partial charge in [-0.2, -0.15) is 0 Å². The summed E-state index contributed by atoms with van der Waals surface area (Å²) < 4.78 is 7.12. The summed E-state index contributed by atoms with van der Waals surface area (Å²) in [7, 11) is 0. The van der Waals surface area contributed by atoms with Crippen LogP contribution in [0.25, 0.3) is 17.0 Å².